The number of nitrogens with zero attached hydrogens (tertiary/aromatic N) is 1. The van der Waals surface area contributed by atoms with Crippen LogP contribution in [0.1, 0.15) is 50.5 Å². The summed E-state index contributed by atoms with van der Waals surface area (Å²) in [6, 6.07) is 9.99. The molecule has 0 aromatic heterocycles. The number of rotatable bonds is 8. The molecule has 5 heteroatoms. The first-order valence-corrected chi connectivity index (χ1v) is 10.5. The molecule has 27 heavy (non-hydrogen) atoms. The Bertz CT molecular complexity index is 599. The van der Waals surface area contributed by atoms with Crippen molar-refractivity contribution in [2.24, 2.45) is 5.92 Å². The maximum Gasteiger partial charge on any atom is 0.240 e. The molecule has 1 aliphatic carbocycles. The molecule has 2 amide bonds. The summed E-state index contributed by atoms with van der Waals surface area (Å²) in [5.74, 6) is 0.687. The maximum absolute atomic E-state index is 12.7. The average Bonchev–Trinajstić information content (AvgIpc) is 2.71. The number of piperazine rings is 1. The van der Waals surface area contributed by atoms with E-state index in [2.05, 4.69) is 22.8 Å². The highest BCUT2D eigenvalue weighted by molar-refractivity contribution is 5.88. The standard InChI is InChI=1S/C22H33N3O2/c26-21(24-17-19-10-5-2-6-11-19)16-20-22(27)25(15-13-23-20)14-7-12-18-8-3-1-4-9-18/h1,3-4,8-9,19-20,23H,2,5-7,10-17H2,(H,24,26). The third kappa shape index (κ3) is 6.35. The molecule has 1 aliphatic heterocycles. The fourth-order valence-electron chi connectivity index (χ4n) is 4.20. The highest BCUT2D eigenvalue weighted by Gasteiger charge is 2.29. The highest BCUT2D eigenvalue weighted by Crippen LogP contribution is 2.22. The number of amides is 2. The number of benzene rings is 1. The van der Waals surface area contributed by atoms with Crippen LogP contribution in [0.4, 0.5) is 0 Å². The molecule has 1 aromatic carbocycles. The molecule has 1 saturated heterocycles. The van der Waals surface area contributed by atoms with Gasteiger partial charge in [0.05, 0.1) is 12.5 Å². The molecule has 1 atom stereocenters. The van der Waals surface area contributed by atoms with Gasteiger partial charge in [-0.15, -0.1) is 0 Å². The second kappa shape index (κ2) is 10.5. The van der Waals surface area contributed by atoms with Gasteiger partial charge in [-0.2, -0.15) is 0 Å². The topological polar surface area (TPSA) is 61.4 Å². The van der Waals surface area contributed by atoms with E-state index in [1.807, 2.05) is 23.1 Å². The lowest BCUT2D eigenvalue weighted by atomic mass is 9.89. The van der Waals surface area contributed by atoms with E-state index in [4.69, 9.17) is 0 Å². The van der Waals surface area contributed by atoms with Gasteiger partial charge in [0, 0.05) is 26.2 Å². The minimum atomic E-state index is -0.373. The Kier molecular flexibility index (Phi) is 7.69. The van der Waals surface area contributed by atoms with Crippen molar-refractivity contribution in [3.63, 3.8) is 0 Å². The third-order valence-electron chi connectivity index (χ3n) is 5.82. The molecule has 0 radical (unpaired) electrons. The SMILES string of the molecule is O=C(CC1NCCN(CCCc2ccccc2)C1=O)NCC1CCCCC1. The second-order valence-electron chi connectivity index (χ2n) is 7.93. The van der Waals surface area contributed by atoms with E-state index < -0.39 is 0 Å². The zero-order valence-electron chi connectivity index (χ0n) is 16.3. The van der Waals surface area contributed by atoms with Crippen LogP contribution >= 0.6 is 0 Å². The van der Waals surface area contributed by atoms with Crippen molar-refractivity contribution in [3.8, 4) is 0 Å². The van der Waals surface area contributed by atoms with Crippen LogP contribution in [-0.4, -0.2) is 48.9 Å². The fraction of sp³-hybridized carbons (Fsp3) is 0.636. The molecule has 2 aliphatic rings. The summed E-state index contributed by atoms with van der Waals surface area (Å²) in [4.78, 5) is 26.9. The lowest BCUT2D eigenvalue weighted by Gasteiger charge is -2.33. The molecule has 1 aromatic rings. The van der Waals surface area contributed by atoms with Gasteiger partial charge in [0.15, 0.2) is 0 Å². The molecule has 2 fully saturated rings. The second-order valence-corrected chi connectivity index (χ2v) is 7.93. The fourth-order valence-corrected chi connectivity index (χ4v) is 4.20. The normalized spacial score (nSPS) is 21.3. The van der Waals surface area contributed by atoms with E-state index in [0.717, 1.165) is 39.0 Å². The van der Waals surface area contributed by atoms with Crippen molar-refractivity contribution in [2.45, 2.75) is 57.4 Å². The predicted octanol–water partition coefficient (Wildman–Crippen LogP) is 2.51. The molecule has 0 spiro atoms. The van der Waals surface area contributed by atoms with Gasteiger partial charge in [0.25, 0.3) is 0 Å². The Morgan fingerprint density at radius 2 is 1.93 bits per heavy atom. The summed E-state index contributed by atoms with van der Waals surface area (Å²) in [7, 11) is 0. The number of hydrogen-bond acceptors (Lipinski definition) is 3. The minimum Gasteiger partial charge on any atom is -0.356 e. The Hall–Kier alpha value is -1.88. The molecular formula is C22H33N3O2. The average molecular weight is 372 g/mol. The van der Waals surface area contributed by atoms with Crippen LogP contribution in [0.5, 0.6) is 0 Å². The molecular weight excluding hydrogens is 338 g/mol. The van der Waals surface area contributed by atoms with E-state index in [-0.39, 0.29) is 24.3 Å². The van der Waals surface area contributed by atoms with Gasteiger partial charge < -0.3 is 15.5 Å². The monoisotopic (exact) mass is 371 g/mol. The van der Waals surface area contributed by atoms with E-state index in [1.54, 1.807) is 0 Å². The van der Waals surface area contributed by atoms with Crippen molar-refractivity contribution in [1.82, 2.24) is 15.5 Å². The molecule has 148 valence electrons. The van der Waals surface area contributed by atoms with Crippen LogP contribution in [0.3, 0.4) is 0 Å². The predicted molar refractivity (Wildman–Crippen MR) is 107 cm³/mol. The van der Waals surface area contributed by atoms with Crippen molar-refractivity contribution < 1.29 is 9.59 Å². The first-order valence-electron chi connectivity index (χ1n) is 10.5. The van der Waals surface area contributed by atoms with Gasteiger partial charge in [0.2, 0.25) is 11.8 Å². The summed E-state index contributed by atoms with van der Waals surface area (Å²) in [5.41, 5.74) is 1.30. The summed E-state index contributed by atoms with van der Waals surface area (Å²) in [5, 5.41) is 6.27. The summed E-state index contributed by atoms with van der Waals surface area (Å²) < 4.78 is 0. The maximum atomic E-state index is 12.7. The van der Waals surface area contributed by atoms with E-state index in [0.29, 0.717) is 5.92 Å². The Morgan fingerprint density at radius 3 is 2.70 bits per heavy atom. The molecule has 5 nitrogen and oxygen atoms in total. The van der Waals surface area contributed by atoms with Crippen LogP contribution in [0.15, 0.2) is 30.3 Å². The zero-order chi connectivity index (χ0) is 18.9. The number of hydrogen-bond donors (Lipinski definition) is 2. The third-order valence-corrected chi connectivity index (χ3v) is 5.82. The molecule has 1 saturated carbocycles. The van der Waals surface area contributed by atoms with Gasteiger partial charge in [-0.1, -0.05) is 49.6 Å². The molecule has 0 bridgehead atoms. The lowest BCUT2D eigenvalue weighted by Crippen LogP contribution is -2.56. The quantitative estimate of drug-likeness (QED) is 0.738. The van der Waals surface area contributed by atoms with Crippen LogP contribution in [0.25, 0.3) is 0 Å². The van der Waals surface area contributed by atoms with Crippen LogP contribution in [-0.2, 0) is 16.0 Å². The van der Waals surface area contributed by atoms with Crippen LogP contribution in [0.2, 0.25) is 0 Å². The lowest BCUT2D eigenvalue weighted by molar-refractivity contribution is -0.138. The van der Waals surface area contributed by atoms with Crippen molar-refractivity contribution in [2.75, 3.05) is 26.2 Å². The first-order chi connectivity index (χ1) is 13.2. The van der Waals surface area contributed by atoms with Crippen molar-refractivity contribution in [3.05, 3.63) is 35.9 Å². The van der Waals surface area contributed by atoms with E-state index >= 15 is 0 Å². The summed E-state index contributed by atoms with van der Waals surface area (Å²) >= 11 is 0. The van der Waals surface area contributed by atoms with Crippen molar-refractivity contribution >= 4 is 11.8 Å². The molecule has 1 heterocycles. The van der Waals surface area contributed by atoms with Crippen LogP contribution < -0.4 is 10.6 Å². The summed E-state index contributed by atoms with van der Waals surface area (Å²) in [6.45, 7) is 3.02. The number of carbonyl (C=O) groups excluding carboxylic acids is 2. The number of aryl methyl sites for hydroxylation is 1. The van der Waals surface area contributed by atoms with Gasteiger partial charge in [-0.3, -0.25) is 9.59 Å². The van der Waals surface area contributed by atoms with E-state index in [9.17, 15) is 9.59 Å². The Labute approximate surface area is 162 Å². The van der Waals surface area contributed by atoms with Gasteiger partial charge in [0.1, 0.15) is 0 Å². The van der Waals surface area contributed by atoms with Gasteiger partial charge in [-0.05, 0) is 37.2 Å². The number of carbonyl (C=O) groups is 2. The van der Waals surface area contributed by atoms with Gasteiger partial charge in [-0.25, -0.2) is 0 Å². The highest BCUT2D eigenvalue weighted by atomic mass is 16.2. The molecule has 2 N–H and O–H groups in total. The largest absolute Gasteiger partial charge is 0.356 e. The van der Waals surface area contributed by atoms with Gasteiger partial charge >= 0.3 is 0 Å². The molecule has 3 rings (SSSR count). The minimum absolute atomic E-state index is 0.00226. The molecule has 1 unspecified atom stereocenters. The van der Waals surface area contributed by atoms with Crippen LogP contribution in [0, 0.1) is 5.92 Å². The number of nitrogens with one attached hydrogen (secondary N) is 2. The first kappa shape index (κ1) is 19.9. The Balaban J connectivity index is 1.38. The van der Waals surface area contributed by atoms with E-state index in [1.165, 1.54) is 37.7 Å². The van der Waals surface area contributed by atoms with Crippen molar-refractivity contribution in [1.29, 1.82) is 0 Å². The zero-order valence-corrected chi connectivity index (χ0v) is 16.3. The summed E-state index contributed by atoms with van der Waals surface area (Å²) in [6.07, 6.45) is 8.50. The smallest absolute Gasteiger partial charge is 0.240 e. The Morgan fingerprint density at radius 1 is 1.15 bits per heavy atom.